The highest BCUT2D eigenvalue weighted by atomic mass is 16.2. The number of aryl methyl sites for hydroxylation is 2. The molecule has 2 heterocycles. The molecular formula is C19H20N4O3. The van der Waals surface area contributed by atoms with Gasteiger partial charge in [-0.05, 0) is 48.6 Å². The number of benzene rings is 1. The number of aromatic amines is 1. The van der Waals surface area contributed by atoms with E-state index >= 15 is 0 Å². The highest BCUT2D eigenvalue weighted by Gasteiger charge is 2.26. The van der Waals surface area contributed by atoms with Gasteiger partial charge in [0.2, 0.25) is 0 Å². The van der Waals surface area contributed by atoms with Crippen LogP contribution < -0.4 is 5.56 Å². The molecule has 1 aliphatic heterocycles. The lowest BCUT2D eigenvalue weighted by Gasteiger charge is -2.34. The normalized spacial score (nSPS) is 16.5. The molecule has 0 spiro atoms. The van der Waals surface area contributed by atoms with Crippen molar-refractivity contribution in [3.05, 3.63) is 63.1 Å². The van der Waals surface area contributed by atoms with Crippen molar-refractivity contribution in [1.82, 2.24) is 20.0 Å². The van der Waals surface area contributed by atoms with E-state index in [4.69, 9.17) is 0 Å². The van der Waals surface area contributed by atoms with Gasteiger partial charge in [-0.1, -0.05) is 6.07 Å². The summed E-state index contributed by atoms with van der Waals surface area (Å²) in [6, 6.07) is 8.70. The zero-order chi connectivity index (χ0) is 18.1. The molecule has 1 aromatic carbocycles. The molecule has 4 rings (SSSR count). The minimum absolute atomic E-state index is 0.0222. The Morgan fingerprint density at radius 3 is 2.27 bits per heavy atom. The van der Waals surface area contributed by atoms with Crippen LogP contribution in [0.15, 0.2) is 35.1 Å². The van der Waals surface area contributed by atoms with Crippen molar-refractivity contribution in [3.63, 3.8) is 0 Å². The van der Waals surface area contributed by atoms with Crippen LogP contribution in [0.4, 0.5) is 0 Å². The molecule has 7 heteroatoms. The lowest BCUT2D eigenvalue weighted by atomic mass is 10.1. The third-order valence-corrected chi connectivity index (χ3v) is 5.10. The number of H-pyrrole nitrogens is 1. The predicted molar refractivity (Wildman–Crippen MR) is 95.1 cm³/mol. The summed E-state index contributed by atoms with van der Waals surface area (Å²) in [4.78, 5) is 39.7. The standard InChI is InChI=1S/C19H20N4O3/c24-17-7-6-16(20-21-17)19(26)23-10-8-22(9-11-23)18(25)15-5-4-13-2-1-3-14(13)12-15/h4-7,12H,1-3,8-11H2,(H,21,24). The number of nitrogens with zero attached hydrogens (tertiary/aromatic N) is 3. The van der Waals surface area contributed by atoms with Crippen molar-refractivity contribution >= 4 is 11.8 Å². The predicted octanol–water partition coefficient (Wildman–Crippen LogP) is 0.857. The molecule has 26 heavy (non-hydrogen) atoms. The first-order valence-electron chi connectivity index (χ1n) is 8.88. The Morgan fingerprint density at radius 1 is 0.885 bits per heavy atom. The average molecular weight is 352 g/mol. The summed E-state index contributed by atoms with van der Waals surface area (Å²) in [6.07, 6.45) is 3.31. The molecule has 1 saturated heterocycles. The maximum Gasteiger partial charge on any atom is 0.274 e. The minimum Gasteiger partial charge on any atom is -0.335 e. The zero-order valence-corrected chi connectivity index (χ0v) is 14.4. The number of rotatable bonds is 2. The molecule has 1 N–H and O–H groups in total. The van der Waals surface area contributed by atoms with E-state index < -0.39 is 0 Å². The molecule has 0 radical (unpaired) electrons. The summed E-state index contributed by atoms with van der Waals surface area (Å²) in [5.74, 6) is -0.208. The van der Waals surface area contributed by atoms with Crippen LogP contribution in [0.2, 0.25) is 0 Å². The minimum atomic E-state index is -0.341. The highest BCUT2D eigenvalue weighted by molar-refractivity contribution is 5.95. The Morgan fingerprint density at radius 2 is 1.58 bits per heavy atom. The zero-order valence-electron chi connectivity index (χ0n) is 14.4. The topological polar surface area (TPSA) is 86.4 Å². The van der Waals surface area contributed by atoms with Crippen molar-refractivity contribution < 1.29 is 9.59 Å². The Hall–Kier alpha value is -2.96. The maximum atomic E-state index is 12.8. The molecule has 1 aliphatic carbocycles. The van der Waals surface area contributed by atoms with Crippen molar-refractivity contribution in [2.24, 2.45) is 0 Å². The van der Waals surface area contributed by atoms with Gasteiger partial charge >= 0.3 is 0 Å². The van der Waals surface area contributed by atoms with Crippen LogP contribution in [0.1, 0.15) is 38.4 Å². The number of fused-ring (bicyclic) bond motifs is 1. The molecule has 134 valence electrons. The Labute approximate surface area is 150 Å². The second kappa shape index (κ2) is 6.74. The summed E-state index contributed by atoms with van der Waals surface area (Å²) < 4.78 is 0. The van der Waals surface area contributed by atoms with Gasteiger partial charge < -0.3 is 9.80 Å². The Balaban J connectivity index is 1.40. The smallest absolute Gasteiger partial charge is 0.274 e. The second-order valence-electron chi connectivity index (χ2n) is 6.73. The van der Waals surface area contributed by atoms with Crippen LogP contribution in [0, 0.1) is 0 Å². The largest absolute Gasteiger partial charge is 0.335 e. The summed E-state index contributed by atoms with van der Waals surface area (Å²) in [5.41, 5.74) is 3.24. The maximum absolute atomic E-state index is 12.8. The van der Waals surface area contributed by atoms with E-state index in [1.54, 1.807) is 9.80 Å². The van der Waals surface area contributed by atoms with Crippen molar-refractivity contribution in [2.45, 2.75) is 19.3 Å². The number of piperazine rings is 1. The van der Waals surface area contributed by atoms with E-state index in [2.05, 4.69) is 16.3 Å². The first-order chi connectivity index (χ1) is 12.6. The van der Waals surface area contributed by atoms with Crippen LogP contribution in [0.5, 0.6) is 0 Å². The van der Waals surface area contributed by atoms with Gasteiger partial charge in [0, 0.05) is 37.8 Å². The van der Waals surface area contributed by atoms with Crippen molar-refractivity contribution in [1.29, 1.82) is 0 Å². The first kappa shape index (κ1) is 16.5. The Bertz CT molecular complexity index is 893. The molecule has 1 fully saturated rings. The molecule has 2 aliphatic rings. The number of carbonyl (C=O) groups is 2. The molecule has 0 unspecified atom stereocenters. The highest BCUT2D eigenvalue weighted by Crippen LogP contribution is 2.23. The van der Waals surface area contributed by atoms with Gasteiger partial charge in [0.1, 0.15) is 5.69 Å². The van der Waals surface area contributed by atoms with Crippen molar-refractivity contribution in [2.75, 3.05) is 26.2 Å². The molecule has 0 saturated carbocycles. The van der Waals surface area contributed by atoms with E-state index in [1.165, 1.54) is 23.3 Å². The van der Waals surface area contributed by atoms with Crippen LogP contribution in [0.3, 0.4) is 0 Å². The number of nitrogens with one attached hydrogen (secondary N) is 1. The van der Waals surface area contributed by atoms with Gasteiger partial charge in [-0.2, -0.15) is 5.10 Å². The van der Waals surface area contributed by atoms with E-state index in [0.29, 0.717) is 26.2 Å². The third kappa shape index (κ3) is 3.12. The summed E-state index contributed by atoms with van der Waals surface area (Å²) >= 11 is 0. The van der Waals surface area contributed by atoms with Gasteiger partial charge in [0.15, 0.2) is 0 Å². The van der Waals surface area contributed by atoms with Crippen LogP contribution in [-0.2, 0) is 12.8 Å². The van der Waals surface area contributed by atoms with Crippen molar-refractivity contribution in [3.8, 4) is 0 Å². The van der Waals surface area contributed by atoms with E-state index in [-0.39, 0.29) is 23.1 Å². The quantitative estimate of drug-likeness (QED) is 0.868. The molecule has 0 bridgehead atoms. The van der Waals surface area contributed by atoms with Gasteiger partial charge in [-0.25, -0.2) is 5.10 Å². The fourth-order valence-electron chi connectivity index (χ4n) is 3.63. The fourth-order valence-corrected chi connectivity index (χ4v) is 3.63. The molecule has 1 aromatic heterocycles. The fraction of sp³-hybridized carbons (Fsp3) is 0.368. The first-order valence-corrected chi connectivity index (χ1v) is 8.88. The number of carbonyl (C=O) groups excluding carboxylic acids is 2. The molecule has 0 atom stereocenters. The van der Waals surface area contributed by atoms with E-state index in [9.17, 15) is 14.4 Å². The van der Waals surface area contributed by atoms with Gasteiger partial charge in [0.05, 0.1) is 0 Å². The number of hydrogen-bond acceptors (Lipinski definition) is 4. The van der Waals surface area contributed by atoms with Gasteiger partial charge in [0.25, 0.3) is 17.4 Å². The van der Waals surface area contributed by atoms with Crippen LogP contribution in [0.25, 0.3) is 0 Å². The van der Waals surface area contributed by atoms with E-state index in [1.807, 2.05) is 12.1 Å². The lowest BCUT2D eigenvalue weighted by molar-refractivity contribution is 0.0531. The van der Waals surface area contributed by atoms with Gasteiger partial charge in [-0.3, -0.25) is 14.4 Å². The molecule has 2 aromatic rings. The molecule has 7 nitrogen and oxygen atoms in total. The SMILES string of the molecule is O=C(c1ccc2c(c1)CCC2)N1CCN(C(=O)c2ccc(=O)[nH]n2)CC1. The van der Waals surface area contributed by atoms with E-state index in [0.717, 1.165) is 24.8 Å². The molecule has 2 amide bonds. The summed E-state index contributed by atoms with van der Waals surface area (Å²) in [7, 11) is 0. The second-order valence-corrected chi connectivity index (χ2v) is 6.73. The third-order valence-electron chi connectivity index (χ3n) is 5.10. The van der Waals surface area contributed by atoms with Gasteiger partial charge in [-0.15, -0.1) is 0 Å². The summed E-state index contributed by atoms with van der Waals surface area (Å²) in [5, 5.41) is 6.05. The lowest BCUT2D eigenvalue weighted by Crippen LogP contribution is -2.50. The summed E-state index contributed by atoms with van der Waals surface area (Å²) in [6.45, 7) is 1.89. The van der Waals surface area contributed by atoms with Crippen LogP contribution >= 0.6 is 0 Å². The van der Waals surface area contributed by atoms with Crippen LogP contribution in [-0.4, -0.2) is 58.0 Å². The average Bonchev–Trinajstić information content (AvgIpc) is 3.15. The Kier molecular flexibility index (Phi) is 4.28. The number of hydrogen-bond donors (Lipinski definition) is 1. The number of aromatic nitrogens is 2. The monoisotopic (exact) mass is 352 g/mol. The molecular weight excluding hydrogens is 332 g/mol. The number of amides is 2.